The Morgan fingerprint density at radius 1 is 1.50 bits per heavy atom. The molecule has 4 heteroatoms. The van der Waals surface area contributed by atoms with Crippen molar-refractivity contribution in [2.45, 2.75) is 13.0 Å². The van der Waals surface area contributed by atoms with E-state index in [4.69, 9.17) is 4.74 Å². The van der Waals surface area contributed by atoms with Gasteiger partial charge in [0.2, 0.25) is 0 Å². The van der Waals surface area contributed by atoms with Gasteiger partial charge in [-0.3, -0.25) is 4.99 Å². The zero-order chi connectivity index (χ0) is 11.4. The highest BCUT2D eigenvalue weighted by molar-refractivity contribution is 5.81. The molecule has 0 fully saturated rings. The molecule has 1 aliphatic rings. The van der Waals surface area contributed by atoms with Gasteiger partial charge in [-0.1, -0.05) is 12.1 Å². The van der Waals surface area contributed by atoms with Crippen molar-refractivity contribution < 1.29 is 4.74 Å². The second kappa shape index (κ2) is 4.88. The van der Waals surface area contributed by atoms with Crippen LogP contribution in [0.2, 0.25) is 0 Å². The first kappa shape index (κ1) is 10.8. The highest BCUT2D eigenvalue weighted by atomic mass is 16.5. The number of hydrogen-bond donors (Lipinski definition) is 2. The molecule has 0 unspecified atom stereocenters. The van der Waals surface area contributed by atoms with E-state index in [1.807, 2.05) is 18.2 Å². The first-order valence-corrected chi connectivity index (χ1v) is 5.48. The minimum atomic E-state index is 0.222. The van der Waals surface area contributed by atoms with E-state index in [1.165, 1.54) is 5.56 Å². The third-order valence-electron chi connectivity index (χ3n) is 2.62. The van der Waals surface area contributed by atoms with Gasteiger partial charge in [-0.25, -0.2) is 0 Å². The summed E-state index contributed by atoms with van der Waals surface area (Å²) in [5.74, 6) is 1.77. The SMILES string of the molecule is COc1cccc([C@H](C)NC2=NCCN2)c1. The normalized spacial score (nSPS) is 16.2. The van der Waals surface area contributed by atoms with E-state index in [0.717, 1.165) is 24.8 Å². The molecule has 0 aromatic heterocycles. The van der Waals surface area contributed by atoms with E-state index in [-0.39, 0.29) is 6.04 Å². The lowest BCUT2D eigenvalue weighted by atomic mass is 10.1. The van der Waals surface area contributed by atoms with Crippen molar-refractivity contribution in [1.29, 1.82) is 0 Å². The smallest absolute Gasteiger partial charge is 0.191 e. The van der Waals surface area contributed by atoms with Gasteiger partial charge in [0.05, 0.1) is 19.7 Å². The van der Waals surface area contributed by atoms with Crippen molar-refractivity contribution in [3.63, 3.8) is 0 Å². The van der Waals surface area contributed by atoms with Crippen molar-refractivity contribution in [3.05, 3.63) is 29.8 Å². The lowest BCUT2D eigenvalue weighted by Crippen LogP contribution is -2.35. The summed E-state index contributed by atoms with van der Waals surface area (Å²) in [5, 5.41) is 6.52. The Kier molecular flexibility index (Phi) is 3.29. The number of rotatable bonds is 3. The highest BCUT2D eigenvalue weighted by Gasteiger charge is 2.10. The van der Waals surface area contributed by atoms with Crippen LogP contribution >= 0.6 is 0 Å². The quantitative estimate of drug-likeness (QED) is 0.805. The molecule has 16 heavy (non-hydrogen) atoms. The summed E-state index contributed by atoms with van der Waals surface area (Å²) in [7, 11) is 1.68. The molecular formula is C12H17N3O. The van der Waals surface area contributed by atoms with Crippen LogP contribution < -0.4 is 15.4 Å². The second-order valence-corrected chi connectivity index (χ2v) is 3.80. The molecule has 1 heterocycles. The molecule has 1 aromatic rings. The molecule has 0 amide bonds. The van der Waals surface area contributed by atoms with Gasteiger partial charge in [0, 0.05) is 6.54 Å². The molecular weight excluding hydrogens is 202 g/mol. The van der Waals surface area contributed by atoms with E-state index in [9.17, 15) is 0 Å². The van der Waals surface area contributed by atoms with Gasteiger partial charge >= 0.3 is 0 Å². The predicted octanol–water partition coefficient (Wildman–Crippen LogP) is 1.30. The molecule has 0 radical (unpaired) electrons. The fourth-order valence-electron chi connectivity index (χ4n) is 1.69. The maximum atomic E-state index is 5.20. The first-order chi connectivity index (χ1) is 7.79. The van der Waals surface area contributed by atoms with Crippen molar-refractivity contribution in [3.8, 4) is 5.75 Å². The van der Waals surface area contributed by atoms with Crippen LogP contribution in [0.5, 0.6) is 5.75 Å². The first-order valence-electron chi connectivity index (χ1n) is 5.48. The number of benzene rings is 1. The molecule has 86 valence electrons. The molecule has 1 aromatic carbocycles. The van der Waals surface area contributed by atoms with Crippen LogP contribution in [0.1, 0.15) is 18.5 Å². The Balaban J connectivity index is 2.04. The van der Waals surface area contributed by atoms with Crippen LogP contribution in [-0.4, -0.2) is 26.2 Å². The fourth-order valence-corrected chi connectivity index (χ4v) is 1.69. The van der Waals surface area contributed by atoms with Gasteiger partial charge < -0.3 is 15.4 Å². The molecule has 0 bridgehead atoms. The van der Waals surface area contributed by atoms with Gasteiger partial charge in [-0.15, -0.1) is 0 Å². The van der Waals surface area contributed by atoms with Crippen LogP contribution in [0.25, 0.3) is 0 Å². The van der Waals surface area contributed by atoms with E-state index in [1.54, 1.807) is 7.11 Å². The third kappa shape index (κ3) is 2.45. The minimum absolute atomic E-state index is 0.222. The summed E-state index contributed by atoms with van der Waals surface area (Å²) in [6, 6.07) is 8.28. The number of methoxy groups -OCH3 is 1. The Bertz CT molecular complexity index is 390. The van der Waals surface area contributed by atoms with E-state index >= 15 is 0 Å². The minimum Gasteiger partial charge on any atom is -0.497 e. The fraction of sp³-hybridized carbons (Fsp3) is 0.417. The maximum absolute atomic E-state index is 5.20. The molecule has 0 saturated carbocycles. The van der Waals surface area contributed by atoms with Gasteiger partial charge in [-0.05, 0) is 24.6 Å². The average Bonchev–Trinajstić information content (AvgIpc) is 2.82. The van der Waals surface area contributed by atoms with E-state index in [0.29, 0.717) is 0 Å². The van der Waals surface area contributed by atoms with Crippen LogP contribution in [0, 0.1) is 0 Å². The lowest BCUT2D eigenvalue weighted by Gasteiger charge is -2.16. The lowest BCUT2D eigenvalue weighted by molar-refractivity contribution is 0.413. The van der Waals surface area contributed by atoms with E-state index in [2.05, 4.69) is 28.6 Å². The zero-order valence-corrected chi connectivity index (χ0v) is 9.66. The third-order valence-corrected chi connectivity index (χ3v) is 2.62. The van der Waals surface area contributed by atoms with Gasteiger partial charge in [0.15, 0.2) is 5.96 Å². The molecule has 0 spiro atoms. The highest BCUT2D eigenvalue weighted by Crippen LogP contribution is 2.18. The van der Waals surface area contributed by atoms with Gasteiger partial charge in [0.1, 0.15) is 5.75 Å². The summed E-state index contributed by atoms with van der Waals surface area (Å²) in [6.07, 6.45) is 0. The topological polar surface area (TPSA) is 45.6 Å². The molecule has 0 saturated heterocycles. The molecule has 2 rings (SSSR count). The van der Waals surface area contributed by atoms with Crippen molar-refractivity contribution >= 4 is 5.96 Å². The van der Waals surface area contributed by atoms with Gasteiger partial charge in [0.25, 0.3) is 0 Å². The summed E-state index contributed by atoms with van der Waals surface area (Å²) < 4.78 is 5.20. The molecule has 4 nitrogen and oxygen atoms in total. The van der Waals surface area contributed by atoms with Crippen molar-refractivity contribution in [2.75, 3.05) is 20.2 Å². The summed E-state index contributed by atoms with van der Waals surface area (Å²) >= 11 is 0. The Morgan fingerprint density at radius 3 is 3.06 bits per heavy atom. The van der Waals surface area contributed by atoms with E-state index < -0.39 is 0 Å². The molecule has 0 aliphatic carbocycles. The number of aliphatic imine (C=N–C) groups is 1. The largest absolute Gasteiger partial charge is 0.497 e. The van der Waals surface area contributed by atoms with Crippen LogP contribution in [-0.2, 0) is 0 Å². The Labute approximate surface area is 95.7 Å². The molecule has 1 atom stereocenters. The molecule has 1 aliphatic heterocycles. The van der Waals surface area contributed by atoms with Gasteiger partial charge in [-0.2, -0.15) is 0 Å². The second-order valence-electron chi connectivity index (χ2n) is 3.80. The van der Waals surface area contributed by atoms with Crippen LogP contribution in [0.15, 0.2) is 29.3 Å². The number of guanidine groups is 1. The standard InChI is InChI=1S/C12H17N3O/c1-9(15-12-13-6-7-14-12)10-4-3-5-11(8-10)16-2/h3-5,8-9H,6-7H2,1-2H3,(H2,13,14,15)/t9-/m0/s1. The maximum Gasteiger partial charge on any atom is 0.191 e. The summed E-state index contributed by atoms with van der Waals surface area (Å²) in [4.78, 5) is 4.31. The Morgan fingerprint density at radius 2 is 2.38 bits per heavy atom. The average molecular weight is 219 g/mol. The number of nitrogens with zero attached hydrogens (tertiary/aromatic N) is 1. The predicted molar refractivity (Wildman–Crippen MR) is 64.8 cm³/mol. The van der Waals surface area contributed by atoms with Crippen LogP contribution in [0.4, 0.5) is 0 Å². The summed E-state index contributed by atoms with van der Waals surface area (Å²) in [5.41, 5.74) is 1.19. The zero-order valence-electron chi connectivity index (χ0n) is 9.66. The molecule has 2 N–H and O–H groups in total. The summed E-state index contributed by atoms with van der Waals surface area (Å²) in [6.45, 7) is 3.89. The van der Waals surface area contributed by atoms with Crippen molar-refractivity contribution in [2.24, 2.45) is 4.99 Å². The van der Waals surface area contributed by atoms with Crippen molar-refractivity contribution in [1.82, 2.24) is 10.6 Å². The number of hydrogen-bond acceptors (Lipinski definition) is 4. The van der Waals surface area contributed by atoms with Crippen LogP contribution in [0.3, 0.4) is 0 Å². The Hall–Kier alpha value is -1.71. The monoisotopic (exact) mass is 219 g/mol. The number of ether oxygens (including phenoxy) is 1. The number of nitrogens with one attached hydrogen (secondary N) is 2.